The lowest BCUT2D eigenvalue weighted by Crippen LogP contribution is -2.38. The zero-order valence-electron chi connectivity index (χ0n) is 17.5. The fraction of sp³-hybridized carbons (Fsp3) is 0.650. The van der Waals surface area contributed by atoms with Crippen LogP contribution in [0.2, 0.25) is 0 Å². The molecule has 1 aliphatic heterocycles. The van der Waals surface area contributed by atoms with Crippen molar-refractivity contribution in [1.82, 2.24) is 19.5 Å². The zero-order chi connectivity index (χ0) is 21.7. The van der Waals surface area contributed by atoms with Crippen LogP contribution in [0.15, 0.2) is 18.3 Å². The van der Waals surface area contributed by atoms with Crippen molar-refractivity contribution in [3.05, 3.63) is 23.9 Å². The highest BCUT2D eigenvalue weighted by Crippen LogP contribution is 2.39. The summed E-state index contributed by atoms with van der Waals surface area (Å²) in [7, 11) is -0.759. The Labute approximate surface area is 177 Å². The summed E-state index contributed by atoms with van der Waals surface area (Å²) >= 11 is 0. The van der Waals surface area contributed by atoms with E-state index in [1.807, 2.05) is 12.3 Å². The summed E-state index contributed by atoms with van der Waals surface area (Å²) in [6, 6.07) is 3.94. The van der Waals surface area contributed by atoms with Crippen LogP contribution in [0.25, 0.3) is 0 Å². The largest absolute Gasteiger partial charge is 0.472 e. The number of amides is 2. The molecule has 166 valence electrons. The smallest absolute Gasteiger partial charge is 0.235 e. The molecule has 1 atom stereocenters. The van der Waals surface area contributed by atoms with Gasteiger partial charge in [0.2, 0.25) is 27.7 Å². The van der Waals surface area contributed by atoms with Gasteiger partial charge < -0.3 is 15.0 Å². The van der Waals surface area contributed by atoms with Gasteiger partial charge in [0.05, 0.1) is 18.8 Å². The second-order valence-electron chi connectivity index (χ2n) is 7.92. The van der Waals surface area contributed by atoms with Crippen LogP contribution in [0.4, 0.5) is 0 Å². The molecule has 10 heteroatoms. The summed E-state index contributed by atoms with van der Waals surface area (Å²) < 4.78 is 31.3. The van der Waals surface area contributed by atoms with E-state index in [0.29, 0.717) is 24.9 Å². The highest BCUT2D eigenvalue weighted by Gasteiger charge is 2.29. The minimum absolute atomic E-state index is 0.0812. The molecule has 0 spiro atoms. The molecule has 1 aromatic heterocycles. The maximum atomic E-state index is 12.4. The van der Waals surface area contributed by atoms with Crippen molar-refractivity contribution in [2.24, 2.45) is 0 Å². The Balaban J connectivity index is 1.39. The van der Waals surface area contributed by atoms with E-state index in [4.69, 9.17) is 4.74 Å². The quantitative estimate of drug-likeness (QED) is 0.577. The highest BCUT2D eigenvalue weighted by molar-refractivity contribution is 7.89. The first-order valence-electron chi connectivity index (χ1n) is 10.3. The topological polar surface area (TPSA) is 109 Å². The number of aromatic nitrogens is 1. The fourth-order valence-corrected chi connectivity index (χ4v) is 4.58. The van der Waals surface area contributed by atoms with Crippen molar-refractivity contribution in [2.45, 2.75) is 44.1 Å². The average molecular weight is 439 g/mol. The number of likely N-dealkylation sites (tertiary alicyclic amines) is 1. The summed E-state index contributed by atoms with van der Waals surface area (Å²) in [4.78, 5) is 29.9. The maximum absolute atomic E-state index is 12.4. The van der Waals surface area contributed by atoms with Crippen LogP contribution in [0, 0.1) is 0 Å². The van der Waals surface area contributed by atoms with Crippen molar-refractivity contribution in [1.29, 1.82) is 0 Å². The van der Waals surface area contributed by atoms with Crippen LogP contribution in [0.1, 0.15) is 43.6 Å². The molecule has 9 nitrogen and oxygen atoms in total. The Morgan fingerprint density at radius 2 is 2.07 bits per heavy atom. The third-order valence-electron chi connectivity index (χ3n) is 5.51. The average Bonchev–Trinajstić information content (AvgIpc) is 3.46. The summed E-state index contributed by atoms with van der Waals surface area (Å²) in [5.41, 5.74) is 1.25. The van der Waals surface area contributed by atoms with Crippen LogP contribution >= 0.6 is 0 Å². The van der Waals surface area contributed by atoms with Gasteiger partial charge in [-0.05, 0) is 30.7 Å². The molecule has 1 aromatic rings. The first-order valence-corrected chi connectivity index (χ1v) is 11.9. The number of sulfonamides is 1. The predicted octanol–water partition coefficient (Wildman–Crippen LogP) is 0.726. The number of likely N-dealkylation sites (N-methyl/N-ethyl adjacent to an activating group) is 2. The predicted molar refractivity (Wildman–Crippen MR) is 112 cm³/mol. The molecule has 0 bridgehead atoms. The molecule has 3 rings (SSSR count). The van der Waals surface area contributed by atoms with E-state index < -0.39 is 10.0 Å². The Morgan fingerprint density at radius 3 is 2.70 bits per heavy atom. The van der Waals surface area contributed by atoms with Crippen molar-refractivity contribution in [3.8, 4) is 5.88 Å². The Morgan fingerprint density at radius 1 is 1.30 bits per heavy atom. The molecule has 0 aromatic carbocycles. The summed E-state index contributed by atoms with van der Waals surface area (Å²) in [5.74, 6) is 0.596. The number of carbonyl (C=O) groups excluding carboxylic acids is 2. The second kappa shape index (κ2) is 9.74. The number of hydrogen-bond acceptors (Lipinski definition) is 6. The number of carbonyl (C=O) groups is 2. The van der Waals surface area contributed by atoms with Crippen molar-refractivity contribution in [2.75, 3.05) is 39.5 Å². The third-order valence-corrected chi connectivity index (χ3v) is 7.39. The minimum atomic E-state index is -3.57. The van der Waals surface area contributed by atoms with Gasteiger partial charge in [0.25, 0.3) is 0 Å². The molecular weight excluding hydrogens is 408 g/mol. The lowest BCUT2D eigenvalue weighted by Gasteiger charge is -2.18. The molecule has 1 N–H and O–H groups in total. The Kier molecular flexibility index (Phi) is 7.30. The summed E-state index contributed by atoms with van der Waals surface area (Å²) in [6.07, 6.45) is 5.31. The Bertz CT molecular complexity index is 854. The van der Waals surface area contributed by atoms with E-state index >= 15 is 0 Å². The zero-order valence-corrected chi connectivity index (χ0v) is 18.4. The Hall–Kier alpha value is -2.20. The number of nitrogens with zero attached hydrogens (tertiary/aromatic N) is 3. The van der Waals surface area contributed by atoms with Crippen LogP contribution in [0.3, 0.4) is 0 Å². The van der Waals surface area contributed by atoms with Gasteiger partial charge in [0, 0.05) is 45.7 Å². The van der Waals surface area contributed by atoms with Gasteiger partial charge in [0.1, 0.15) is 6.10 Å². The third kappa shape index (κ3) is 6.15. The van der Waals surface area contributed by atoms with Gasteiger partial charge >= 0.3 is 0 Å². The first-order chi connectivity index (χ1) is 14.3. The van der Waals surface area contributed by atoms with E-state index in [9.17, 15) is 18.0 Å². The fourth-order valence-electron chi connectivity index (χ4n) is 3.44. The molecule has 2 amide bonds. The molecule has 1 saturated heterocycles. The van der Waals surface area contributed by atoms with Gasteiger partial charge in [-0.1, -0.05) is 6.07 Å². The lowest BCUT2D eigenvalue weighted by atomic mass is 10.2. The van der Waals surface area contributed by atoms with Crippen LogP contribution in [0.5, 0.6) is 5.88 Å². The van der Waals surface area contributed by atoms with Crippen molar-refractivity contribution in [3.63, 3.8) is 0 Å². The van der Waals surface area contributed by atoms with Crippen LogP contribution < -0.4 is 10.1 Å². The van der Waals surface area contributed by atoms with Crippen molar-refractivity contribution < 1.29 is 22.7 Å². The molecular formula is C20H30N4O5S. The second-order valence-corrected chi connectivity index (χ2v) is 10.1. The number of rotatable bonds is 10. The van der Waals surface area contributed by atoms with Gasteiger partial charge in [-0.15, -0.1) is 0 Å². The van der Waals surface area contributed by atoms with Gasteiger partial charge in [-0.25, -0.2) is 13.4 Å². The van der Waals surface area contributed by atoms with Gasteiger partial charge in [-0.3, -0.25) is 9.59 Å². The molecule has 2 aliphatic rings. The maximum Gasteiger partial charge on any atom is 0.235 e. The number of hydrogen-bond donors (Lipinski definition) is 1. The summed E-state index contributed by atoms with van der Waals surface area (Å²) in [5, 5.41) is 2.39. The van der Waals surface area contributed by atoms with Crippen molar-refractivity contribution >= 4 is 21.8 Å². The summed E-state index contributed by atoms with van der Waals surface area (Å²) in [6.45, 7) is 0.842. The van der Waals surface area contributed by atoms with E-state index in [-0.39, 0.29) is 43.1 Å². The number of nitrogens with one attached hydrogen (secondary N) is 1. The molecule has 30 heavy (non-hydrogen) atoms. The van der Waals surface area contributed by atoms with E-state index in [1.165, 1.54) is 32.5 Å². The normalized spacial score (nSPS) is 19.2. The van der Waals surface area contributed by atoms with E-state index in [0.717, 1.165) is 10.7 Å². The lowest BCUT2D eigenvalue weighted by molar-refractivity contribution is -0.130. The van der Waals surface area contributed by atoms with Crippen LogP contribution in [-0.4, -0.2) is 80.0 Å². The highest BCUT2D eigenvalue weighted by atomic mass is 32.2. The molecule has 2 fully saturated rings. The first kappa shape index (κ1) is 22.5. The molecule has 0 radical (unpaired) electrons. The van der Waals surface area contributed by atoms with Gasteiger partial charge in [-0.2, -0.15) is 4.31 Å². The van der Waals surface area contributed by atoms with Crippen LogP contribution in [-0.2, 0) is 19.6 Å². The number of pyridine rings is 1. The molecule has 2 heterocycles. The number of ether oxygens (including phenoxy) is 1. The van der Waals surface area contributed by atoms with Gasteiger partial charge in [0.15, 0.2) is 0 Å². The standard InChI is InChI=1S/C20H30N4O5S/c1-21-18(25)14-23(2)30(27,28)11-3-4-20(26)24-10-9-17(13-24)29-19-8-7-16(12-22-19)15-5-6-15/h7-8,12,15,17H,3-6,9-11,13-14H2,1-2H3,(H,21,25). The molecule has 1 unspecified atom stereocenters. The monoisotopic (exact) mass is 438 g/mol. The van der Waals surface area contributed by atoms with E-state index in [2.05, 4.69) is 16.4 Å². The molecule has 1 aliphatic carbocycles. The minimum Gasteiger partial charge on any atom is -0.472 e. The van der Waals surface area contributed by atoms with E-state index in [1.54, 1.807) is 4.90 Å². The molecule has 1 saturated carbocycles. The SMILES string of the molecule is CNC(=O)CN(C)S(=O)(=O)CCCC(=O)N1CCC(Oc2ccc(C3CC3)cn2)C1.